The third-order valence-corrected chi connectivity index (χ3v) is 8.15. The van der Waals surface area contributed by atoms with Crippen molar-refractivity contribution in [3.05, 3.63) is 57.8 Å². The molecule has 0 aromatic heterocycles. The highest BCUT2D eigenvalue weighted by Gasteiger charge is 2.50. The monoisotopic (exact) mass is 503 g/mol. The van der Waals surface area contributed by atoms with Crippen LogP contribution in [0.4, 0.5) is 17.6 Å². The molecular weight excluding hydrogens is 489 g/mol. The van der Waals surface area contributed by atoms with E-state index < -0.39 is 46.4 Å². The molecule has 0 saturated carbocycles. The fraction of sp³-hybridized carbons (Fsp3) is 0.333. The van der Waals surface area contributed by atoms with Crippen LogP contribution in [0.2, 0.25) is 10.0 Å². The maximum absolute atomic E-state index is 13.7. The zero-order valence-corrected chi connectivity index (χ0v) is 18.1. The maximum Gasteiger partial charge on any atom is 0.416 e. The second-order valence-electron chi connectivity index (χ2n) is 6.66. The summed E-state index contributed by atoms with van der Waals surface area (Å²) in [6.45, 7) is -0.869. The molecule has 1 fully saturated rings. The number of halogens is 6. The van der Waals surface area contributed by atoms with Gasteiger partial charge in [0, 0.05) is 4.90 Å². The molecule has 30 heavy (non-hydrogen) atoms. The minimum Gasteiger partial charge on any atom is -0.593 e. The summed E-state index contributed by atoms with van der Waals surface area (Å²) in [5, 5.41) is 19.4. The predicted octanol–water partition coefficient (Wildman–Crippen LogP) is 4.37. The van der Waals surface area contributed by atoms with Crippen molar-refractivity contribution in [3.63, 3.8) is 0 Å². The number of nitrogens with zero attached hydrogens (tertiary/aromatic N) is 1. The number of aliphatic hydroxyl groups is 2. The summed E-state index contributed by atoms with van der Waals surface area (Å²) in [7, 11) is 0. The van der Waals surface area contributed by atoms with Gasteiger partial charge in [-0.3, -0.25) is 0 Å². The molecule has 2 N–H and O–H groups in total. The molecule has 164 valence electrons. The van der Waals surface area contributed by atoms with Crippen LogP contribution in [-0.4, -0.2) is 49.6 Å². The molecule has 0 aliphatic carbocycles. The predicted molar refractivity (Wildman–Crippen MR) is 108 cm³/mol. The van der Waals surface area contributed by atoms with Crippen molar-refractivity contribution in [1.29, 1.82) is 0 Å². The van der Waals surface area contributed by atoms with Crippen LogP contribution in [0.1, 0.15) is 5.56 Å². The SMILES string of the molecule is [O-][S+](c1ccc(C(F)(F)F)cc1Cl)N1C[C@H](Sc2ccc(Cl)c(F)c2)C(O)(CO)C1. The quantitative estimate of drug-likeness (QED) is 0.468. The summed E-state index contributed by atoms with van der Waals surface area (Å²) in [5.41, 5.74) is -2.64. The summed E-state index contributed by atoms with van der Waals surface area (Å²) in [5.74, 6) is -0.649. The first-order valence-electron chi connectivity index (χ1n) is 8.43. The average Bonchev–Trinajstić information content (AvgIpc) is 3.00. The Bertz CT molecular complexity index is 937. The smallest absolute Gasteiger partial charge is 0.416 e. The molecule has 1 heterocycles. The number of alkyl halides is 3. The molecule has 3 rings (SSSR count). The van der Waals surface area contributed by atoms with Crippen LogP contribution >= 0.6 is 35.0 Å². The summed E-state index contributed by atoms with van der Waals surface area (Å²) in [4.78, 5) is 0.391. The van der Waals surface area contributed by atoms with Gasteiger partial charge in [0.05, 0.1) is 51.9 Å². The van der Waals surface area contributed by atoms with Gasteiger partial charge in [0.25, 0.3) is 0 Å². The Balaban J connectivity index is 1.81. The van der Waals surface area contributed by atoms with Crippen molar-refractivity contribution >= 4 is 46.3 Å². The lowest BCUT2D eigenvalue weighted by Gasteiger charge is -2.25. The fourth-order valence-electron chi connectivity index (χ4n) is 2.92. The molecule has 2 aromatic rings. The topological polar surface area (TPSA) is 66.8 Å². The van der Waals surface area contributed by atoms with Crippen LogP contribution in [0.15, 0.2) is 46.2 Å². The zero-order chi connectivity index (χ0) is 22.3. The Kier molecular flexibility index (Phi) is 7.20. The number of rotatable bonds is 5. The number of thioether (sulfide) groups is 1. The van der Waals surface area contributed by atoms with E-state index in [1.54, 1.807) is 6.07 Å². The van der Waals surface area contributed by atoms with E-state index in [4.69, 9.17) is 23.2 Å². The summed E-state index contributed by atoms with van der Waals surface area (Å²) in [6, 6.07) is 6.55. The third-order valence-electron chi connectivity index (χ3n) is 4.54. The third kappa shape index (κ3) is 5.02. The van der Waals surface area contributed by atoms with E-state index in [1.807, 2.05) is 0 Å². The molecule has 2 unspecified atom stereocenters. The number of benzene rings is 2. The summed E-state index contributed by atoms with van der Waals surface area (Å²) >= 11 is 10.7. The highest BCUT2D eigenvalue weighted by atomic mass is 35.5. The molecule has 2 aromatic carbocycles. The van der Waals surface area contributed by atoms with Crippen LogP contribution in [0.3, 0.4) is 0 Å². The molecule has 4 nitrogen and oxygen atoms in total. The van der Waals surface area contributed by atoms with E-state index in [9.17, 15) is 32.3 Å². The second kappa shape index (κ2) is 9.03. The van der Waals surface area contributed by atoms with Crippen LogP contribution in [0.5, 0.6) is 0 Å². The van der Waals surface area contributed by atoms with Gasteiger partial charge >= 0.3 is 6.18 Å². The van der Waals surface area contributed by atoms with Crippen molar-refractivity contribution in [2.24, 2.45) is 0 Å². The van der Waals surface area contributed by atoms with Crippen LogP contribution in [0, 0.1) is 5.82 Å². The van der Waals surface area contributed by atoms with Crippen molar-refractivity contribution in [2.45, 2.75) is 26.8 Å². The molecule has 1 aliphatic rings. The Labute approximate surface area is 187 Å². The highest BCUT2D eigenvalue weighted by Crippen LogP contribution is 2.40. The van der Waals surface area contributed by atoms with Crippen molar-refractivity contribution in [3.8, 4) is 0 Å². The number of hydrogen-bond acceptors (Lipinski definition) is 5. The molecule has 0 radical (unpaired) electrons. The summed E-state index contributed by atoms with van der Waals surface area (Å²) in [6.07, 6.45) is -4.59. The van der Waals surface area contributed by atoms with Gasteiger partial charge in [-0.15, -0.1) is 16.1 Å². The zero-order valence-electron chi connectivity index (χ0n) is 15.0. The number of β-amino-alcohol motifs (C(OH)–C–C–N with tert-alkyl or cyclic N) is 1. The lowest BCUT2D eigenvalue weighted by atomic mass is 10.1. The van der Waals surface area contributed by atoms with Crippen LogP contribution < -0.4 is 0 Å². The lowest BCUT2D eigenvalue weighted by molar-refractivity contribution is -0.137. The lowest BCUT2D eigenvalue weighted by Crippen LogP contribution is -2.44. The van der Waals surface area contributed by atoms with Gasteiger partial charge in [0.15, 0.2) is 4.90 Å². The average molecular weight is 504 g/mol. The van der Waals surface area contributed by atoms with E-state index in [0.717, 1.165) is 23.9 Å². The largest absolute Gasteiger partial charge is 0.593 e. The number of aliphatic hydroxyl groups excluding tert-OH is 1. The van der Waals surface area contributed by atoms with Gasteiger partial charge in [-0.2, -0.15) is 13.2 Å². The van der Waals surface area contributed by atoms with Gasteiger partial charge in [0.2, 0.25) is 0 Å². The molecule has 0 bridgehead atoms. The van der Waals surface area contributed by atoms with E-state index >= 15 is 0 Å². The Hall–Kier alpha value is -0.720. The molecule has 0 amide bonds. The van der Waals surface area contributed by atoms with Crippen LogP contribution in [-0.2, 0) is 17.5 Å². The van der Waals surface area contributed by atoms with Gasteiger partial charge in [-0.1, -0.05) is 23.2 Å². The summed E-state index contributed by atoms with van der Waals surface area (Å²) < 4.78 is 66.4. The molecule has 1 aliphatic heterocycles. The first-order chi connectivity index (χ1) is 13.9. The van der Waals surface area contributed by atoms with Gasteiger partial charge in [0.1, 0.15) is 11.4 Å². The van der Waals surface area contributed by atoms with Crippen molar-refractivity contribution in [2.75, 3.05) is 19.7 Å². The minimum atomic E-state index is -4.59. The standard InChI is InChI=1S/C18H15Cl2F4NO3S2/c19-12-3-2-11(6-14(12)21)29-16-7-25(8-17(16,27)9-26)30(28)15-4-1-10(5-13(15)20)18(22,23)24/h1-6,16,26-27H,7-9H2/t16-,17?,30?/m0/s1. The van der Waals surface area contributed by atoms with Crippen molar-refractivity contribution in [1.82, 2.24) is 4.31 Å². The van der Waals surface area contributed by atoms with Crippen LogP contribution in [0.25, 0.3) is 0 Å². The fourth-order valence-corrected chi connectivity index (χ4v) is 6.10. The Morgan fingerprint density at radius 1 is 1.20 bits per heavy atom. The first kappa shape index (κ1) is 23.9. The Morgan fingerprint density at radius 2 is 1.90 bits per heavy atom. The minimum absolute atomic E-state index is 0.00986. The first-order valence-corrected chi connectivity index (χ1v) is 11.2. The van der Waals surface area contributed by atoms with E-state index in [0.29, 0.717) is 11.0 Å². The molecule has 3 atom stereocenters. The van der Waals surface area contributed by atoms with Crippen molar-refractivity contribution < 1.29 is 32.3 Å². The van der Waals surface area contributed by atoms with Gasteiger partial charge in [-0.25, -0.2) is 4.39 Å². The van der Waals surface area contributed by atoms with Gasteiger partial charge < -0.3 is 14.8 Å². The molecule has 1 saturated heterocycles. The highest BCUT2D eigenvalue weighted by molar-refractivity contribution is 8.00. The molecule has 0 spiro atoms. The Morgan fingerprint density at radius 3 is 2.47 bits per heavy atom. The van der Waals surface area contributed by atoms with E-state index in [-0.39, 0.29) is 28.0 Å². The van der Waals surface area contributed by atoms with Gasteiger partial charge in [-0.05, 0) is 36.4 Å². The normalized spacial score (nSPS) is 23.7. The number of hydrogen-bond donors (Lipinski definition) is 2. The maximum atomic E-state index is 13.7. The van der Waals surface area contributed by atoms with E-state index in [1.165, 1.54) is 16.4 Å². The molecule has 12 heteroatoms. The van der Waals surface area contributed by atoms with E-state index in [2.05, 4.69) is 0 Å². The second-order valence-corrected chi connectivity index (χ2v) is 10.2. The molecular formula is C18H15Cl2F4NO3S2.